The fourth-order valence-electron chi connectivity index (χ4n) is 2.09. The van der Waals surface area contributed by atoms with Crippen molar-refractivity contribution in [3.8, 4) is 0 Å². The molecule has 2 rings (SSSR count). The molecule has 0 aliphatic carbocycles. The lowest BCUT2D eigenvalue weighted by molar-refractivity contribution is 0.274. The number of halogens is 1. The lowest BCUT2D eigenvalue weighted by Gasteiger charge is -2.47. The van der Waals surface area contributed by atoms with Crippen molar-refractivity contribution in [2.45, 2.75) is 20.4 Å². The number of hydrogen-bond acceptors (Lipinski definition) is 2. The molecular weight excluding hydrogens is 191 g/mol. The number of nitrogens with zero attached hydrogens (tertiary/aromatic N) is 1. The van der Waals surface area contributed by atoms with Gasteiger partial charge in [0.15, 0.2) is 0 Å². The zero-order valence-electron chi connectivity index (χ0n) is 9.26. The maximum atomic E-state index is 13.7. The van der Waals surface area contributed by atoms with E-state index in [9.17, 15) is 4.39 Å². The van der Waals surface area contributed by atoms with Crippen molar-refractivity contribution in [1.29, 1.82) is 0 Å². The molecule has 0 bridgehead atoms. The van der Waals surface area contributed by atoms with E-state index in [4.69, 9.17) is 5.73 Å². The van der Waals surface area contributed by atoms with Gasteiger partial charge in [0.05, 0.1) is 5.69 Å². The van der Waals surface area contributed by atoms with Crippen molar-refractivity contribution in [2.24, 2.45) is 11.1 Å². The summed E-state index contributed by atoms with van der Waals surface area (Å²) in [6.07, 6.45) is 0. The van der Waals surface area contributed by atoms with E-state index in [1.54, 1.807) is 0 Å². The normalized spacial score (nSPS) is 18.8. The molecule has 1 aromatic carbocycles. The summed E-state index contributed by atoms with van der Waals surface area (Å²) in [6.45, 7) is 6.62. The largest absolute Gasteiger partial charge is 0.368 e. The van der Waals surface area contributed by atoms with Crippen molar-refractivity contribution in [1.82, 2.24) is 0 Å². The third kappa shape index (κ3) is 1.97. The first-order chi connectivity index (χ1) is 7.02. The van der Waals surface area contributed by atoms with Crippen molar-refractivity contribution < 1.29 is 4.39 Å². The summed E-state index contributed by atoms with van der Waals surface area (Å²) in [7, 11) is 0. The highest BCUT2D eigenvalue weighted by Crippen LogP contribution is 2.34. The molecule has 0 radical (unpaired) electrons. The van der Waals surface area contributed by atoms with Crippen LogP contribution in [0.2, 0.25) is 0 Å². The maximum absolute atomic E-state index is 13.7. The summed E-state index contributed by atoms with van der Waals surface area (Å²) in [6, 6.07) is 5.25. The molecule has 1 aliphatic heterocycles. The second-order valence-electron chi connectivity index (χ2n) is 5.01. The molecule has 1 fully saturated rings. The number of benzene rings is 1. The van der Waals surface area contributed by atoms with Crippen LogP contribution in [0.1, 0.15) is 19.4 Å². The molecule has 2 nitrogen and oxygen atoms in total. The van der Waals surface area contributed by atoms with Crippen molar-refractivity contribution in [3.05, 3.63) is 29.6 Å². The minimum Gasteiger partial charge on any atom is -0.368 e. The van der Waals surface area contributed by atoms with E-state index in [1.807, 2.05) is 12.1 Å². The first-order valence-corrected chi connectivity index (χ1v) is 5.25. The average Bonchev–Trinajstić information content (AvgIpc) is 2.14. The molecule has 1 aromatic rings. The highest BCUT2D eigenvalue weighted by molar-refractivity contribution is 5.52. The summed E-state index contributed by atoms with van der Waals surface area (Å²) in [5, 5.41) is 0. The Morgan fingerprint density at radius 2 is 2.07 bits per heavy atom. The molecule has 0 atom stereocenters. The molecule has 0 saturated carbocycles. The van der Waals surface area contributed by atoms with E-state index in [2.05, 4.69) is 18.7 Å². The van der Waals surface area contributed by atoms with Crippen LogP contribution in [-0.4, -0.2) is 13.1 Å². The van der Waals surface area contributed by atoms with Gasteiger partial charge in [-0.3, -0.25) is 0 Å². The Balaban J connectivity index is 2.17. The van der Waals surface area contributed by atoms with Gasteiger partial charge < -0.3 is 10.6 Å². The summed E-state index contributed by atoms with van der Waals surface area (Å²) in [5.41, 5.74) is 7.32. The van der Waals surface area contributed by atoms with Gasteiger partial charge in [0.1, 0.15) is 5.82 Å². The molecular formula is C12H17FN2. The summed E-state index contributed by atoms with van der Waals surface area (Å²) >= 11 is 0. The topological polar surface area (TPSA) is 29.3 Å². The molecule has 0 aromatic heterocycles. The Hall–Kier alpha value is -1.09. The molecule has 1 saturated heterocycles. The van der Waals surface area contributed by atoms with E-state index in [1.165, 1.54) is 6.07 Å². The first kappa shape index (κ1) is 10.4. The van der Waals surface area contributed by atoms with Crippen molar-refractivity contribution >= 4 is 5.69 Å². The fourth-order valence-corrected chi connectivity index (χ4v) is 2.09. The number of rotatable bonds is 2. The predicted octanol–water partition coefficient (Wildman–Crippen LogP) is 2.13. The first-order valence-electron chi connectivity index (χ1n) is 5.25. The van der Waals surface area contributed by atoms with Crippen LogP contribution < -0.4 is 10.6 Å². The standard InChI is InChI=1S/C12H17FN2/c1-12(2)7-15(8-12)11-4-3-9(6-14)5-10(11)13/h3-5H,6-8,14H2,1-2H3. The van der Waals surface area contributed by atoms with Gasteiger partial charge in [-0.15, -0.1) is 0 Å². The van der Waals surface area contributed by atoms with Gasteiger partial charge in [-0.1, -0.05) is 19.9 Å². The van der Waals surface area contributed by atoms with Gasteiger partial charge in [-0.05, 0) is 23.1 Å². The Bertz CT molecular complexity index is 366. The summed E-state index contributed by atoms with van der Waals surface area (Å²) in [5.74, 6) is -0.159. The lowest BCUT2D eigenvalue weighted by atomic mass is 9.84. The van der Waals surface area contributed by atoms with Crippen LogP contribution in [-0.2, 0) is 6.54 Å². The van der Waals surface area contributed by atoms with E-state index in [-0.39, 0.29) is 5.82 Å². The molecule has 82 valence electrons. The summed E-state index contributed by atoms with van der Waals surface area (Å²) in [4.78, 5) is 2.07. The van der Waals surface area contributed by atoms with Gasteiger partial charge in [0.25, 0.3) is 0 Å². The predicted molar refractivity (Wildman–Crippen MR) is 60.3 cm³/mol. The Morgan fingerprint density at radius 3 is 2.53 bits per heavy atom. The highest BCUT2D eigenvalue weighted by Gasteiger charge is 2.35. The molecule has 15 heavy (non-hydrogen) atoms. The Morgan fingerprint density at radius 1 is 1.40 bits per heavy atom. The Labute approximate surface area is 89.9 Å². The van der Waals surface area contributed by atoms with Gasteiger partial charge in [-0.2, -0.15) is 0 Å². The second kappa shape index (κ2) is 3.49. The monoisotopic (exact) mass is 208 g/mol. The van der Waals surface area contributed by atoms with Crippen LogP contribution in [0.4, 0.5) is 10.1 Å². The third-order valence-electron chi connectivity index (χ3n) is 2.83. The smallest absolute Gasteiger partial charge is 0.146 e. The molecule has 0 unspecified atom stereocenters. The minimum absolute atomic E-state index is 0.159. The SMILES string of the molecule is CC1(C)CN(c2ccc(CN)cc2F)C1. The van der Waals surface area contributed by atoms with Gasteiger partial charge in [0, 0.05) is 19.6 Å². The van der Waals surface area contributed by atoms with Crippen LogP contribution in [0, 0.1) is 11.2 Å². The molecule has 2 N–H and O–H groups in total. The van der Waals surface area contributed by atoms with E-state index >= 15 is 0 Å². The van der Waals surface area contributed by atoms with Gasteiger partial charge in [0.2, 0.25) is 0 Å². The number of nitrogens with two attached hydrogens (primary N) is 1. The molecule has 1 heterocycles. The lowest BCUT2D eigenvalue weighted by Crippen LogP contribution is -2.53. The van der Waals surface area contributed by atoms with Crippen LogP contribution in [0.3, 0.4) is 0 Å². The van der Waals surface area contributed by atoms with E-state index < -0.39 is 0 Å². The highest BCUT2D eigenvalue weighted by atomic mass is 19.1. The number of anilines is 1. The minimum atomic E-state index is -0.159. The zero-order chi connectivity index (χ0) is 11.1. The van der Waals surface area contributed by atoms with Crippen LogP contribution in [0.15, 0.2) is 18.2 Å². The zero-order valence-corrected chi connectivity index (χ0v) is 9.26. The molecule has 1 aliphatic rings. The Kier molecular flexibility index (Phi) is 2.43. The second-order valence-corrected chi connectivity index (χ2v) is 5.01. The quantitative estimate of drug-likeness (QED) is 0.806. The summed E-state index contributed by atoms with van der Waals surface area (Å²) < 4.78 is 13.7. The fraction of sp³-hybridized carbons (Fsp3) is 0.500. The van der Waals surface area contributed by atoms with Crippen LogP contribution >= 0.6 is 0 Å². The van der Waals surface area contributed by atoms with Gasteiger partial charge in [-0.25, -0.2) is 4.39 Å². The molecule has 3 heteroatoms. The molecule has 0 amide bonds. The number of hydrogen-bond donors (Lipinski definition) is 1. The average molecular weight is 208 g/mol. The maximum Gasteiger partial charge on any atom is 0.146 e. The van der Waals surface area contributed by atoms with Crippen molar-refractivity contribution in [2.75, 3.05) is 18.0 Å². The van der Waals surface area contributed by atoms with Gasteiger partial charge >= 0.3 is 0 Å². The van der Waals surface area contributed by atoms with Crippen LogP contribution in [0.25, 0.3) is 0 Å². The van der Waals surface area contributed by atoms with Crippen molar-refractivity contribution in [3.63, 3.8) is 0 Å². The van der Waals surface area contributed by atoms with Crippen LogP contribution in [0.5, 0.6) is 0 Å². The molecule has 0 spiro atoms. The van der Waals surface area contributed by atoms with E-state index in [0.29, 0.717) is 17.6 Å². The van der Waals surface area contributed by atoms with E-state index in [0.717, 1.165) is 18.7 Å². The third-order valence-corrected chi connectivity index (χ3v) is 2.83.